The molecule has 1 unspecified atom stereocenters. The Morgan fingerprint density at radius 1 is 1.32 bits per heavy atom. The third-order valence-corrected chi connectivity index (χ3v) is 4.06. The van der Waals surface area contributed by atoms with Crippen LogP contribution in [-0.2, 0) is 6.42 Å². The van der Waals surface area contributed by atoms with Crippen molar-refractivity contribution in [1.82, 2.24) is 5.32 Å². The topological polar surface area (TPSA) is 12.0 Å². The Bertz CT molecular complexity index is 517. The molecule has 0 aromatic heterocycles. The van der Waals surface area contributed by atoms with Gasteiger partial charge in [-0.15, -0.1) is 0 Å². The molecule has 1 atom stereocenters. The second-order valence-electron chi connectivity index (χ2n) is 7.32. The van der Waals surface area contributed by atoms with Crippen molar-refractivity contribution in [2.75, 3.05) is 6.54 Å². The number of hydrogen-bond donors (Lipinski definition) is 1. The average Bonchev–Trinajstić information content (AvgIpc) is 2.44. The van der Waals surface area contributed by atoms with Gasteiger partial charge in [0.05, 0.1) is 0 Å². The highest BCUT2D eigenvalue weighted by Gasteiger charge is 2.11. The standard InChI is InChI=1S/C21H33N/c1-8-10-19-11-9-12-20(18(19)4)14-13-16(2)17(3)15-22-21(5,6)7/h9,11-14,17,22H,2,8,10,15H2,1,3-7H3/b14-13-. The van der Waals surface area contributed by atoms with Crippen molar-refractivity contribution in [2.24, 2.45) is 5.92 Å². The van der Waals surface area contributed by atoms with Crippen molar-refractivity contribution in [3.05, 3.63) is 53.1 Å². The van der Waals surface area contributed by atoms with Gasteiger partial charge in [0.25, 0.3) is 0 Å². The molecule has 0 saturated heterocycles. The number of rotatable bonds is 7. The molecule has 0 aliphatic rings. The lowest BCUT2D eigenvalue weighted by molar-refractivity contribution is 0.402. The molecular formula is C21H33N. The van der Waals surface area contributed by atoms with Crippen LogP contribution in [0.25, 0.3) is 6.08 Å². The molecule has 1 nitrogen and oxygen atoms in total. The minimum absolute atomic E-state index is 0.156. The summed E-state index contributed by atoms with van der Waals surface area (Å²) in [5, 5.41) is 3.54. The van der Waals surface area contributed by atoms with E-state index in [1.807, 2.05) is 0 Å². The normalized spacial score (nSPS) is 13.5. The molecule has 0 fully saturated rings. The van der Waals surface area contributed by atoms with Gasteiger partial charge < -0.3 is 5.32 Å². The zero-order chi connectivity index (χ0) is 16.8. The van der Waals surface area contributed by atoms with Crippen LogP contribution in [0.2, 0.25) is 0 Å². The van der Waals surface area contributed by atoms with Crippen LogP contribution in [0.1, 0.15) is 57.7 Å². The lowest BCUT2D eigenvalue weighted by Gasteiger charge is -2.23. The summed E-state index contributed by atoms with van der Waals surface area (Å²) < 4.78 is 0. The van der Waals surface area contributed by atoms with Gasteiger partial charge in [0.15, 0.2) is 0 Å². The monoisotopic (exact) mass is 299 g/mol. The highest BCUT2D eigenvalue weighted by Crippen LogP contribution is 2.19. The van der Waals surface area contributed by atoms with Gasteiger partial charge in [-0.1, -0.05) is 62.8 Å². The van der Waals surface area contributed by atoms with Crippen LogP contribution in [0.5, 0.6) is 0 Å². The smallest absolute Gasteiger partial charge is 0.00967 e. The van der Waals surface area contributed by atoms with E-state index in [4.69, 9.17) is 0 Å². The van der Waals surface area contributed by atoms with E-state index in [0.29, 0.717) is 5.92 Å². The van der Waals surface area contributed by atoms with Crippen LogP contribution < -0.4 is 5.32 Å². The maximum atomic E-state index is 4.23. The second kappa shape index (κ2) is 8.33. The predicted molar refractivity (Wildman–Crippen MR) is 100 cm³/mol. The van der Waals surface area contributed by atoms with Gasteiger partial charge in [-0.3, -0.25) is 0 Å². The summed E-state index contributed by atoms with van der Waals surface area (Å²) in [6.45, 7) is 18.5. The largest absolute Gasteiger partial charge is 0.311 e. The molecule has 0 spiro atoms. The molecule has 0 radical (unpaired) electrons. The van der Waals surface area contributed by atoms with E-state index in [9.17, 15) is 0 Å². The van der Waals surface area contributed by atoms with Gasteiger partial charge in [0.2, 0.25) is 0 Å². The summed E-state index contributed by atoms with van der Waals surface area (Å²) in [7, 11) is 0. The molecule has 1 heteroatoms. The number of hydrogen-bond acceptors (Lipinski definition) is 1. The van der Waals surface area contributed by atoms with Crippen molar-refractivity contribution in [3.8, 4) is 0 Å². The molecule has 0 amide bonds. The van der Waals surface area contributed by atoms with E-state index in [0.717, 1.165) is 13.0 Å². The first-order valence-electron chi connectivity index (χ1n) is 8.45. The zero-order valence-electron chi connectivity index (χ0n) is 15.3. The highest BCUT2D eigenvalue weighted by atomic mass is 14.9. The van der Waals surface area contributed by atoms with Crippen LogP contribution in [0.4, 0.5) is 0 Å². The Morgan fingerprint density at radius 3 is 2.59 bits per heavy atom. The first kappa shape index (κ1) is 18.7. The van der Waals surface area contributed by atoms with Crippen molar-refractivity contribution in [2.45, 2.75) is 59.9 Å². The van der Waals surface area contributed by atoms with Gasteiger partial charge >= 0.3 is 0 Å². The fourth-order valence-electron chi connectivity index (χ4n) is 2.38. The van der Waals surface area contributed by atoms with Crippen LogP contribution in [-0.4, -0.2) is 12.1 Å². The third kappa shape index (κ3) is 6.19. The number of nitrogens with one attached hydrogen (secondary N) is 1. The summed E-state index contributed by atoms with van der Waals surface area (Å²) in [5.41, 5.74) is 5.50. The molecule has 0 aliphatic carbocycles. The maximum absolute atomic E-state index is 4.23. The quantitative estimate of drug-likeness (QED) is 0.652. The molecule has 0 bridgehead atoms. The van der Waals surface area contributed by atoms with Crippen LogP contribution in [0.3, 0.4) is 0 Å². The minimum atomic E-state index is 0.156. The van der Waals surface area contributed by atoms with E-state index in [1.54, 1.807) is 0 Å². The highest BCUT2D eigenvalue weighted by molar-refractivity contribution is 5.58. The average molecular weight is 300 g/mol. The molecule has 0 saturated carbocycles. The molecule has 1 aromatic rings. The number of aryl methyl sites for hydroxylation is 1. The van der Waals surface area contributed by atoms with E-state index in [1.165, 1.54) is 28.7 Å². The molecule has 1 aromatic carbocycles. The van der Waals surface area contributed by atoms with E-state index in [2.05, 4.69) is 83.8 Å². The summed E-state index contributed by atoms with van der Waals surface area (Å²) in [6, 6.07) is 6.59. The van der Waals surface area contributed by atoms with Gasteiger partial charge in [-0.2, -0.15) is 0 Å². The number of allylic oxidation sites excluding steroid dienone is 1. The van der Waals surface area contributed by atoms with Gasteiger partial charge in [-0.25, -0.2) is 0 Å². The van der Waals surface area contributed by atoms with Crippen LogP contribution in [0, 0.1) is 12.8 Å². The molecule has 1 N–H and O–H groups in total. The Hall–Kier alpha value is -1.34. The molecule has 0 heterocycles. The van der Waals surface area contributed by atoms with Crippen molar-refractivity contribution >= 4 is 6.08 Å². The first-order valence-corrected chi connectivity index (χ1v) is 8.45. The Labute approximate surface area is 137 Å². The lowest BCUT2D eigenvalue weighted by atomic mass is 9.96. The van der Waals surface area contributed by atoms with Crippen molar-refractivity contribution in [3.63, 3.8) is 0 Å². The first-order chi connectivity index (χ1) is 10.2. The Balaban J connectivity index is 2.71. The van der Waals surface area contributed by atoms with Gasteiger partial charge in [0.1, 0.15) is 0 Å². The summed E-state index contributed by atoms with van der Waals surface area (Å²) in [6.07, 6.45) is 6.73. The third-order valence-electron chi connectivity index (χ3n) is 4.06. The fourth-order valence-corrected chi connectivity index (χ4v) is 2.38. The van der Waals surface area contributed by atoms with Gasteiger partial charge in [-0.05, 0) is 56.7 Å². The van der Waals surface area contributed by atoms with Crippen molar-refractivity contribution in [1.29, 1.82) is 0 Å². The van der Waals surface area contributed by atoms with E-state index in [-0.39, 0.29) is 5.54 Å². The molecule has 0 aliphatic heterocycles. The SMILES string of the molecule is C=C(/C=C\c1cccc(CCC)c1C)C(C)CNC(C)(C)C. The molecule has 22 heavy (non-hydrogen) atoms. The van der Waals surface area contributed by atoms with Gasteiger partial charge in [0, 0.05) is 12.1 Å². The summed E-state index contributed by atoms with van der Waals surface area (Å²) in [5.74, 6) is 0.439. The fraction of sp³-hybridized carbons (Fsp3) is 0.524. The lowest BCUT2D eigenvalue weighted by Crippen LogP contribution is -2.38. The Morgan fingerprint density at radius 2 is 2.00 bits per heavy atom. The summed E-state index contributed by atoms with van der Waals surface area (Å²) >= 11 is 0. The number of benzene rings is 1. The molecular weight excluding hydrogens is 266 g/mol. The minimum Gasteiger partial charge on any atom is -0.311 e. The Kier molecular flexibility index (Phi) is 7.09. The molecule has 1 rings (SSSR count). The second-order valence-corrected chi connectivity index (χ2v) is 7.32. The zero-order valence-corrected chi connectivity index (χ0v) is 15.3. The summed E-state index contributed by atoms with van der Waals surface area (Å²) in [4.78, 5) is 0. The predicted octanol–water partition coefficient (Wildman–Crippen LogP) is 5.54. The van der Waals surface area contributed by atoms with Crippen molar-refractivity contribution < 1.29 is 0 Å². The van der Waals surface area contributed by atoms with Crippen LogP contribution in [0.15, 0.2) is 36.4 Å². The maximum Gasteiger partial charge on any atom is 0.00967 e. The van der Waals surface area contributed by atoms with E-state index >= 15 is 0 Å². The van der Waals surface area contributed by atoms with Crippen LogP contribution >= 0.6 is 0 Å². The van der Waals surface area contributed by atoms with E-state index < -0.39 is 0 Å². The molecule has 122 valence electrons.